The first-order chi connectivity index (χ1) is 7.64. The second kappa shape index (κ2) is 6.26. The van der Waals surface area contributed by atoms with E-state index in [2.05, 4.69) is 11.5 Å². The summed E-state index contributed by atoms with van der Waals surface area (Å²) in [5, 5.41) is 8.81. The highest BCUT2D eigenvalue weighted by Crippen LogP contribution is 2.17. The largest absolute Gasteiger partial charge is 0.297 e. The van der Waals surface area contributed by atoms with Crippen LogP contribution in [0.4, 0.5) is 0 Å². The van der Waals surface area contributed by atoms with Crippen LogP contribution in [0, 0.1) is 16.7 Å². The lowest BCUT2D eigenvalue weighted by Gasteiger charge is -2.14. The third-order valence-electron chi connectivity index (χ3n) is 2.34. The molecule has 0 aliphatic heterocycles. The van der Waals surface area contributed by atoms with Crippen molar-refractivity contribution in [3.8, 4) is 6.07 Å². The molecule has 0 saturated carbocycles. The molecule has 3 nitrogen and oxygen atoms in total. The van der Waals surface area contributed by atoms with Crippen molar-refractivity contribution in [1.29, 1.82) is 5.26 Å². The monoisotopic (exact) mass is 218 g/mol. The third-order valence-corrected chi connectivity index (χ3v) is 2.34. The highest BCUT2D eigenvalue weighted by atomic mass is 16.6. The van der Waals surface area contributed by atoms with E-state index >= 15 is 0 Å². The molecule has 0 saturated heterocycles. The predicted octanol–water partition coefficient (Wildman–Crippen LogP) is 2.65. The van der Waals surface area contributed by atoms with Crippen molar-refractivity contribution < 1.29 is 4.84 Å². The molecule has 1 aromatic rings. The van der Waals surface area contributed by atoms with Crippen molar-refractivity contribution in [2.45, 2.75) is 26.9 Å². The smallest absolute Gasteiger partial charge is 0.0933 e. The average molecular weight is 218 g/mol. The molecule has 0 bridgehead atoms. The summed E-state index contributed by atoms with van der Waals surface area (Å²) < 4.78 is 0. The molecule has 0 fully saturated rings. The number of nitriles is 1. The van der Waals surface area contributed by atoms with Gasteiger partial charge in [0, 0.05) is 6.54 Å². The fourth-order valence-electron chi connectivity index (χ4n) is 1.20. The number of hydroxylamine groups is 1. The van der Waals surface area contributed by atoms with Gasteiger partial charge in [-0.2, -0.15) is 5.26 Å². The molecular formula is C13H18N2O. The SMILES string of the molecule is CC(C)(C#N)CCNOCc1ccccc1. The fourth-order valence-corrected chi connectivity index (χ4v) is 1.20. The number of nitrogens with one attached hydrogen (secondary N) is 1. The maximum Gasteiger partial charge on any atom is 0.0933 e. The highest BCUT2D eigenvalue weighted by Gasteiger charge is 2.15. The van der Waals surface area contributed by atoms with Gasteiger partial charge in [0.2, 0.25) is 0 Å². The first-order valence-corrected chi connectivity index (χ1v) is 5.44. The Morgan fingerprint density at radius 2 is 2.00 bits per heavy atom. The van der Waals surface area contributed by atoms with Crippen LogP contribution in [-0.2, 0) is 11.4 Å². The maximum absolute atomic E-state index is 8.81. The minimum Gasteiger partial charge on any atom is -0.297 e. The number of benzene rings is 1. The molecule has 0 aromatic heterocycles. The Hall–Kier alpha value is -1.37. The van der Waals surface area contributed by atoms with Gasteiger partial charge in [-0.05, 0) is 25.8 Å². The average Bonchev–Trinajstić information content (AvgIpc) is 2.30. The third kappa shape index (κ3) is 4.92. The van der Waals surface area contributed by atoms with Crippen LogP contribution in [0.25, 0.3) is 0 Å². The maximum atomic E-state index is 8.81. The zero-order chi connectivity index (χ0) is 11.9. The van der Waals surface area contributed by atoms with Gasteiger partial charge >= 0.3 is 0 Å². The van der Waals surface area contributed by atoms with Crippen molar-refractivity contribution in [1.82, 2.24) is 5.48 Å². The Morgan fingerprint density at radius 1 is 1.31 bits per heavy atom. The summed E-state index contributed by atoms with van der Waals surface area (Å²) in [5.74, 6) is 0. The molecule has 0 spiro atoms. The molecule has 3 heteroatoms. The molecular weight excluding hydrogens is 200 g/mol. The Labute approximate surface area is 97.0 Å². The molecule has 0 heterocycles. The van der Waals surface area contributed by atoms with Crippen LogP contribution in [0.15, 0.2) is 30.3 Å². The number of hydrogen-bond acceptors (Lipinski definition) is 3. The summed E-state index contributed by atoms with van der Waals surface area (Å²) in [5.41, 5.74) is 3.72. The van der Waals surface area contributed by atoms with Gasteiger partial charge in [0.25, 0.3) is 0 Å². The molecule has 1 aromatic carbocycles. The molecule has 16 heavy (non-hydrogen) atoms. The van der Waals surface area contributed by atoms with Crippen molar-refractivity contribution in [2.24, 2.45) is 5.41 Å². The molecule has 0 radical (unpaired) electrons. The first kappa shape index (κ1) is 12.7. The molecule has 0 atom stereocenters. The summed E-state index contributed by atoms with van der Waals surface area (Å²) in [6.45, 7) is 5.08. The molecule has 1 rings (SSSR count). The first-order valence-electron chi connectivity index (χ1n) is 5.44. The van der Waals surface area contributed by atoms with E-state index in [4.69, 9.17) is 10.1 Å². The van der Waals surface area contributed by atoms with E-state index in [0.29, 0.717) is 13.2 Å². The molecule has 0 aliphatic carbocycles. The molecule has 1 N–H and O–H groups in total. The second-order valence-electron chi connectivity index (χ2n) is 4.41. The van der Waals surface area contributed by atoms with Gasteiger partial charge in [0.1, 0.15) is 0 Å². The van der Waals surface area contributed by atoms with Crippen LogP contribution in [0.3, 0.4) is 0 Å². The second-order valence-corrected chi connectivity index (χ2v) is 4.41. The van der Waals surface area contributed by atoms with Crippen molar-refractivity contribution in [3.63, 3.8) is 0 Å². The van der Waals surface area contributed by atoms with Gasteiger partial charge in [-0.3, -0.25) is 4.84 Å². The van der Waals surface area contributed by atoms with Gasteiger partial charge in [0.05, 0.1) is 18.1 Å². The standard InChI is InChI=1S/C13H18N2O/c1-13(2,11-14)8-9-15-16-10-12-6-4-3-5-7-12/h3-7,15H,8-10H2,1-2H3. The Kier molecular flexibility index (Phi) is 4.97. The van der Waals surface area contributed by atoms with E-state index in [1.165, 1.54) is 0 Å². The van der Waals surface area contributed by atoms with Crippen molar-refractivity contribution in [2.75, 3.05) is 6.54 Å². The van der Waals surface area contributed by atoms with Gasteiger partial charge in [-0.25, -0.2) is 5.48 Å². The van der Waals surface area contributed by atoms with E-state index in [0.717, 1.165) is 12.0 Å². The van der Waals surface area contributed by atoms with Gasteiger partial charge in [0.15, 0.2) is 0 Å². The summed E-state index contributed by atoms with van der Waals surface area (Å²) in [7, 11) is 0. The van der Waals surface area contributed by atoms with Crippen molar-refractivity contribution >= 4 is 0 Å². The molecule has 0 amide bonds. The quantitative estimate of drug-likeness (QED) is 0.589. The van der Waals surface area contributed by atoms with E-state index in [-0.39, 0.29) is 5.41 Å². The zero-order valence-corrected chi connectivity index (χ0v) is 9.86. The Balaban J connectivity index is 2.12. The summed E-state index contributed by atoms with van der Waals surface area (Å²) in [4.78, 5) is 5.30. The lowest BCUT2D eigenvalue weighted by Crippen LogP contribution is -2.21. The topological polar surface area (TPSA) is 45.0 Å². The van der Waals surface area contributed by atoms with E-state index in [1.54, 1.807) is 0 Å². The Morgan fingerprint density at radius 3 is 2.62 bits per heavy atom. The normalized spacial score (nSPS) is 11.1. The van der Waals surface area contributed by atoms with Crippen LogP contribution in [-0.4, -0.2) is 6.54 Å². The fraction of sp³-hybridized carbons (Fsp3) is 0.462. The lowest BCUT2D eigenvalue weighted by atomic mass is 9.92. The van der Waals surface area contributed by atoms with Crippen LogP contribution in [0.2, 0.25) is 0 Å². The molecule has 86 valence electrons. The van der Waals surface area contributed by atoms with Crippen LogP contribution < -0.4 is 5.48 Å². The number of nitrogens with zero attached hydrogens (tertiary/aromatic N) is 1. The van der Waals surface area contributed by atoms with E-state index in [9.17, 15) is 0 Å². The van der Waals surface area contributed by atoms with Gasteiger partial charge < -0.3 is 0 Å². The summed E-state index contributed by atoms with van der Waals surface area (Å²) >= 11 is 0. The molecule has 0 unspecified atom stereocenters. The summed E-state index contributed by atoms with van der Waals surface area (Å²) in [6.07, 6.45) is 0.776. The lowest BCUT2D eigenvalue weighted by molar-refractivity contribution is 0.0241. The van der Waals surface area contributed by atoms with Crippen LogP contribution >= 0.6 is 0 Å². The molecule has 0 aliphatic rings. The summed E-state index contributed by atoms with van der Waals surface area (Å²) in [6, 6.07) is 12.2. The predicted molar refractivity (Wildman–Crippen MR) is 63.2 cm³/mol. The van der Waals surface area contributed by atoms with E-state index < -0.39 is 0 Å². The minimum absolute atomic E-state index is 0.289. The van der Waals surface area contributed by atoms with E-state index in [1.807, 2.05) is 44.2 Å². The minimum atomic E-state index is -0.289. The highest BCUT2D eigenvalue weighted by molar-refractivity contribution is 5.13. The Bertz CT molecular complexity index is 341. The van der Waals surface area contributed by atoms with Crippen LogP contribution in [0.5, 0.6) is 0 Å². The number of hydrogen-bond donors (Lipinski definition) is 1. The van der Waals surface area contributed by atoms with Gasteiger partial charge in [-0.15, -0.1) is 0 Å². The van der Waals surface area contributed by atoms with Gasteiger partial charge in [-0.1, -0.05) is 30.3 Å². The number of rotatable bonds is 6. The van der Waals surface area contributed by atoms with Crippen LogP contribution in [0.1, 0.15) is 25.8 Å². The van der Waals surface area contributed by atoms with Crippen molar-refractivity contribution in [3.05, 3.63) is 35.9 Å². The zero-order valence-electron chi connectivity index (χ0n) is 9.86.